The molecule has 1 saturated carbocycles. The first kappa shape index (κ1) is 14.2. The number of nitrogens with one attached hydrogen (secondary N) is 2. The van der Waals surface area contributed by atoms with Crippen LogP contribution in [0.15, 0.2) is 29.0 Å². The lowest BCUT2D eigenvalue weighted by Crippen LogP contribution is -2.33. The van der Waals surface area contributed by atoms with Crippen LogP contribution in [0.3, 0.4) is 0 Å². The molecule has 1 spiro atoms. The summed E-state index contributed by atoms with van der Waals surface area (Å²) in [6.45, 7) is 2.60. The van der Waals surface area contributed by atoms with Crippen molar-refractivity contribution in [3.8, 4) is 0 Å². The molecule has 1 saturated heterocycles. The number of carbonyl (C=O) groups is 1. The van der Waals surface area contributed by atoms with E-state index in [-0.39, 0.29) is 11.8 Å². The van der Waals surface area contributed by atoms with Gasteiger partial charge in [-0.3, -0.25) is 4.79 Å². The summed E-state index contributed by atoms with van der Waals surface area (Å²) in [4.78, 5) is 16.9. The molecule has 1 unspecified atom stereocenters. The summed E-state index contributed by atoms with van der Waals surface area (Å²) in [6.07, 6.45) is 7.26. The lowest BCUT2D eigenvalue weighted by atomic mass is 9.92. The van der Waals surface area contributed by atoms with E-state index in [4.69, 9.17) is 0 Å². The molecule has 22 heavy (non-hydrogen) atoms. The van der Waals surface area contributed by atoms with Gasteiger partial charge in [0.1, 0.15) is 5.65 Å². The molecule has 1 amide bonds. The Hall–Kier alpha value is -1.40. The van der Waals surface area contributed by atoms with E-state index in [1.807, 2.05) is 28.9 Å². The van der Waals surface area contributed by atoms with Crippen LogP contribution in [0, 0.1) is 11.3 Å². The third-order valence-corrected chi connectivity index (χ3v) is 5.48. The molecule has 116 valence electrons. The second-order valence-electron chi connectivity index (χ2n) is 6.43. The number of rotatable bonds is 3. The number of halogens is 1. The van der Waals surface area contributed by atoms with Gasteiger partial charge in [0, 0.05) is 22.8 Å². The maximum absolute atomic E-state index is 12.3. The van der Waals surface area contributed by atoms with Crippen molar-refractivity contribution in [1.29, 1.82) is 0 Å². The van der Waals surface area contributed by atoms with Gasteiger partial charge in [0.2, 0.25) is 5.91 Å². The molecule has 1 aliphatic heterocycles. The van der Waals surface area contributed by atoms with Crippen LogP contribution in [0.25, 0.3) is 5.65 Å². The summed E-state index contributed by atoms with van der Waals surface area (Å²) in [5.41, 5.74) is 2.08. The molecule has 0 aromatic carbocycles. The van der Waals surface area contributed by atoms with E-state index in [9.17, 15) is 4.79 Å². The van der Waals surface area contributed by atoms with Crippen molar-refractivity contribution >= 4 is 27.5 Å². The van der Waals surface area contributed by atoms with Crippen molar-refractivity contribution in [2.75, 3.05) is 13.1 Å². The Morgan fingerprint density at radius 1 is 1.41 bits per heavy atom. The molecular formula is C16H19BrN4O. The third kappa shape index (κ3) is 2.54. The maximum atomic E-state index is 12.3. The number of nitrogens with zero attached hydrogens (tertiary/aromatic N) is 2. The number of piperidine rings is 1. The van der Waals surface area contributed by atoms with Gasteiger partial charge in [-0.15, -0.1) is 0 Å². The Morgan fingerprint density at radius 2 is 2.23 bits per heavy atom. The number of carbonyl (C=O) groups excluding carboxylic acids is 1. The molecule has 2 aromatic rings. The van der Waals surface area contributed by atoms with Crippen LogP contribution in [-0.2, 0) is 11.3 Å². The molecule has 6 heteroatoms. The number of hydrogen-bond acceptors (Lipinski definition) is 3. The van der Waals surface area contributed by atoms with Crippen molar-refractivity contribution in [2.24, 2.45) is 11.3 Å². The molecule has 0 bridgehead atoms. The highest BCUT2D eigenvalue weighted by Gasteiger charge is 2.57. The largest absolute Gasteiger partial charge is 0.350 e. The highest BCUT2D eigenvalue weighted by atomic mass is 79.9. The Labute approximate surface area is 137 Å². The van der Waals surface area contributed by atoms with E-state index in [0.717, 1.165) is 48.2 Å². The van der Waals surface area contributed by atoms with Crippen LogP contribution in [0.5, 0.6) is 0 Å². The number of aromatic nitrogens is 2. The zero-order chi connectivity index (χ0) is 15.2. The number of pyridine rings is 1. The molecule has 1 aliphatic carbocycles. The number of fused-ring (bicyclic) bond motifs is 1. The average Bonchev–Trinajstić information content (AvgIpc) is 3.05. The first-order valence-corrected chi connectivity index (χ1v) is 8.57. The summed E-state index contributed by atoms with van der Waals surface area (Å²) in [7, 11) is 0. The van der Waals surface area contributed by atoms with Gasteiger partial charge in [-0.1, -0.05) is 0 Å². The molecular weight excluding hydrogens is 344 g/mol. The van der Waals surface area contributed by atoms with Crippen molar-refractivity contribution in [3.05, 3.63) is 34.7 Å². The molecule has 2 fully saturated rings. The normalized spacial score (nSPS) is 22.9. The summed E-state index contributed by atoms with van der Waals surface area (Å²) < 4.78 is 2.98. The van der Waals surface area contributed by atoms with Gasteiger partial charge >= 0.3 is 0 Å². The topological polar surface area (TPSA) is 58.4 Å². The fraction of sp³-hybridized carbons (Fsp3) is 0.500. The highest BCUT2D eigenvalue weighted by Crippen LogP contribution is 2.58. The SMILES string of the molecule is O=C(NCc1cn2cc(Br)ccc2n1)C1CC12CCNCC2. The van der Waals surface area contributed by atoms with Crippen LogP contribution >= 0.6 is 15.9 Å². The van der Waals surface area contributed by atoms with E-state index < -0.39 is 0 Å². The summed E-state index contributed by atoms with van der Waals surface area (Å²) in [5.74, 6) is 0.404. The quantitative estimate of drug-likeness (QED) is 0.878. The molecule has 2 N–H and O–H groups in total. The van der Waals surface area contributed by atoms with Crippen molar-refractivity contribution < 1.29 is 4.79 Å². The first-order chi connectivity index (χ1) is 10.7. The van der Waals surface area contributed by atoms with Gasteiger partial charge in [0.25, 0.3) is 0 Å². The van der Waals surface area contributed by atoms with Gasteiger partial charge in [-0.05, 0) is 65.8 Å². The average molecular weight is 363 g/mol. The van der Waals surface area contributed by atoms with Gasteiger partial charge in [0.15, 0.2) is 0 Å². The molecule has 0 radical (unpaired) electrons. The monoisotopic (exact) mass is 362 g/mol. The van der Waals surface area contributed by atoms with Crippen LogP contribution in [-0.4, -0.2) is 28.4 Å². The zero-order valence-electron chi connectivity index (χ0n) is 12.3. The van der Waals surface area contributed by atoms with E-state index in [2.05, 4.69) is 31.5 Å². The minimum atomic E-state index is 0.195. The van der Waals surface area contributed by atoms with Gasteiger partial charge in [-0.2, -0.15) is 0 Å². The predicted octanol–water partition coefficient (Wildman–Crippen LogP) is 2.10. The molecule has 3 heterocycles. The predicted molar refractivity (Wildman–Crippen MR) is 87.4 cm³/mol. The molecule has 5 nitrogen and oxygen atoms in total. The summed E-state index contributed by atoms with van der Waals surface area (Å²) >= 11 is 3.45. The number of hydrogen-bond donors (Lipinski definition) is 2. The second-order valence-corrected chi connectivity index (χ2v) is 7.35. The Morgan fingerprint density at radius 3 is 3.05 bits per heavy atom. The Balaban J connectivity index is 1.38. The number of amides is 1. The van der Waals surface area contributed by atoms with Gasteiger partial charge < -0.3 is 15.0 Å². The minimum Gasteiger partial charge on any atom is -0.350 e. The molecule has 2 aliphatic rings. The van der Waals surface area contributed by atoms with Crippen molar-refractivity contribution in [1.82, 2.24) is 20.0 Å². The van der Waals surface area contributed by atoms with Crippen LogP contribution in [0.1, 0.15) is 25.0 Å². The molecule has 4 rings (SSSR count). The van der Waals surface area contributed by atoms with Crippen molar-refractivity contribution in [2.45, 2.75) is 25.8 Å². The maximum Gasteiger partial charge on any atom is 0.224 e. The Kier molecular flexibility index (Phi) is 3.46. The smallest absolute Gasteiger partial charge is 0.224 e. The third-order valence-electron chi connectivity index (χ3n) is 5.01. The zero-order valence-corrected chi connectivity index (χ0v) is 13.9. The molecule has 1 atom stereocenters. The molecule has 2 aromatic heterocycles. The lowest BCUT2D eigenvalue weighted by Gasteiger charge is -2.23. The van der Waals surface area contributed by atoms with E-state index in [0.29, 0.717) is 12.0 Å². The standard InChI is InChI=1S/C16H19BrN4O/c17-11-1-2-14-20-12(10-21(14)9-11)8-19-15(22)13-7-16(13)3-5-18-6-4-16/h1-2,9-10,13,18H,3-8H2,(H,19,22). The van der Waals surface area contributed by atoms with Gasteiger partial charge in [0.05, 0.1) is 12.2 Å². The van der Waals surface area contributed by atoms with E-state index in [1.54, 1.807) is 0 Å². The second kappa shape index (κ2) is 5.35. The van der Waals surface area contributed by atoms with E-state index >= 15 is 0 Å². The fourth-order valence-electron chi connectivity index (χ4n) is 3.60. The van der Waals surface area contributed by atoms with Crippen molar-refractivity contribution in [3.63, 3.8) is 0 Å². The first-order valence-electron chi connectivity index (χ1n) is 7.78. The fourth-order valence-corrected chi connectivity index (χ4v) is 3.95. The summed E-state index contributed by atoms with van der Waals surface area (Å²) in [6, 6.07) is 3.93. The van der Waals surface area contributed by atoms with Crippen LogP contribution in [0.2, 0.25) is 0 Å². The van der Waals surface area contributed by atoms with Gasteiger partial charge in [-0.25, -0.2) is 4.98 Å². The summed E-state index contributed by atoms with van der Waals surface area (Å²) in [5, 5.41) is 6.43. The van der Waals surface area contributed by atoms with Crippen LogP contribution in [0.4, 0.5) is 0 Å². The highest BCUT2D eigenvalue weighted by molar-refractivity contribution is 9.10. The van der Waals surface area contributed by atoms with E-state index in [1.165, 1.54) is 0 Å². The Bertz CT molecular complexity index is 720. The van der Waals surface area contributed by atoms with Crippen LogP contribution < -0.4 is 10.6 Å². The lowest BCUT2D eigenvalue weighted by molar-refractivity contribution is -0.123. The minimum absolute atomic E-state index is 0.195. The number of imidazole rings is 1.